The van der Waals surface area contributed by atoms with Gasteiger partial charge in [-0.05, 0) is 30.3 Å². The Morgan fingerprint density at radius 3 is 2.85 bits per heavy atom. The highest BCUT2D eigenvalue weighted by Crippen LogP contribution is 2.31. The van der Waals surface area contributed by atoms with Crippen molar-refractivity contribution >= 4 is 49.9 Å². The molecule has 0 spiro atoms. The molecule has 0 aliphatic carbocycles. The summed E-state index contributed by atoms with van der Waals surface area (Å²) < 4.78 is 2.31. The third kappa shape index (κ3) is 2.95. The summed E-state index contributed by atoms with van der Waals surface area (Å²) in [6, 6.07) is 10.9. The summed E-state index contributed by atoms with van der Waals surface area (Å²) >= 11 is 7.74. The van der Waals surface area contributed by atoms with Gasteiger partial charge in [-0.15, -0.1) is 11.3 Å². The Morgan fingerprint density at radius 2 is 2.08 bits per heavy atom. The maximum atomic E-state index is 12.7. The van der Waals surface area contributed by atoms with Crippen molar-refractivity contribution in [2.24, 2.45) is 0 Å². The lowest BCUT2D eigenvalue weighted by molar-refractivity contribution is -0.136. The maximum absolute atomic E-state index is 12.7. The zero-order valence-corrected chi connectivity index (χ0v) is 14.9. The Morgan fingerprint density at radius 1 is 1.23 bits per heavy atom. The van der Waals surface area contributed by atoms with Gasteiger partial charge in [0.05, 0.1) is 29.6 Å². The average molecular weight is 386 g/mol. The van der Waals surface area contributed by atoms with Crippen molar-refractivity contribution in [3.05, 3.63) is 68.5 Å². The molecule has 0 unspecified atom stereocenters. The number of fused-ring (bicyclic) bond motifs is 2. The zero-order chi connectivity index (χ0) is 18.3. The number of carboxylic acid groups (broad SMARTS) is 1. The van der Waals surface area contributed by atoms with Crippen LogP contribution in [0.25, 0.3) is 21.0 Å². The molecule has 6 nitrogen and oxygen atoms in total. The Kier molecular flexibility index (Phi) is 4.18. The molecule has 4 aromatic rings. The van der Waals surface area contributed by atoms with Crippen molar-refractivity contribution in [3.8, 4) is 0 Å². The Hall–Kier alpha value is -2.77. The molecule has 8 heteroatoms. The second-order valence-electron chi connectivity index (χ2n) is 5.74. The molecule has 0 atom stereocenters. The van der Waals surface area contributed by atoms with Crippen LogP contribution < -0.4 is 5.56 Å². The number of thiophene rings is 1. The fourth-order valence-corrected chi connectivity index (χ4v) is 4.22. The molecule has 0 saturated heterocycles. The Bertz CT molecular complexity index is 1220. The first-order valence-corrected chi connectivity index (χ1v) is 8.96. The molecule has 0 aliphatic rings. The molecule has 0 fully saturated rings. The van der Waals surface area contributed by atoms with Crippen LogP contribution in [0.15, 0.2) is 47.4 Å². The van der Waals surface area contributed by atoms with Crippen LogP contribution in [0.3, 0.4) is 0 Å². The van der Waals surface area contributed by atoms with Crippen molar-refractivity contribution < 1.29 is 9.90 Å². The molecule has 0 amide bonds. The second-order valence-corrected chi connectivity index (χ2v) is 7.32. The Balaban J connectivity index is 1.85. The van der Waals surface area contributed by atoms with E-state index < -0.39 is 5.97 Å². The fourth-order valence-electron chi connectivity index (χ4n) is 2.86. The number of rotatable bonds is 4. The van der Waals surface area contributed by atoms with E-state index in [1.807, 2.05) is 24.3 Å². The second kappa shape index (κ2) is 6.51. The monoisotopic (exact) mass is 385 g/mol. The van der Waals surface area contributed by atoms with Gasteiger partial charge in [0.25, 0.3) is 5.56 Å². The summed E-state index contributed by atoms with van der Waals surface area (Å²) in [6.45, 7) is 0.242. The van der Waals surface area contributed by atoms with Crippen molar-refractivity contribution in [2.45, 2.75) is 13.0 Å². The molecule has 3 aromatic heterocycles. The van der Waals surface area contributed by atoms with Gasteiger partial charge in [-0.2, -0.15) is 5.10 Å². The van der Waals surface area contributed by atoms with Gasteiger partial charge in [-0.1, -0.05) is 17.7 Å². The first-order chi connectivity index (χ1) is 12.5. The van der Waals surface area contributed by atoms with Crippen LogP contribution >= 0.6 is 22.9 Å². The van der Waals surface area contributed by atoms with E-state index in [1.54, 1.807) is 12.1 Å². The van der Waals surface area contributed by atoms with E-state index in [0.29, 0.717) is 15.9 Å². The largest absolute Gasteiger partial charge is 0.481 e. The lowest BCUT2D eigenvalue weighted by Gasteiger charge is -2.08. The predicted molar refractivity (Wildman–Crippen MR) is 101 cm³/mol. The number of benzene rings is 1. The molecule has 3 heterocycles. The van der Waals surface area contributed by atoms with Gasteiger partial charge in [-0.3, -0.25) is 14.6 Å². The van der Waals surface area contributed by atoms with Gasteiger partial charge in [0.15, 0.2) is 0 Å². The highest BCUT2D eigenvalue weighted by molar-refractivity contribution is 7.19. The van der Waals surface area contributed by atoms with Crippen molar-refractivity contribution in [1.29, 1.82) is 0 Å². The average Bonchev–Trinajstić information content (AvgIpc) is 3.03. The summed E-state index contributed by atoms with van der Waals surface area (Å²) in [5, 5.41) is 15.3. The minimum atomic E-state index is -1.02. The van der Waals surface area contributed by atoms with E-state index >= 15 is 0 Å². The molecule has 0 bridgehead atoms. The van der Waals surface area contributed by atoms with E-state index in [9.17, 15) is 9.59 Å². The molecule has 0 aliphatic heterocycles. The lowest BCUT2D eigenvalue weighted by Crippen LogP contribution is -2.26. The van der Waals surface area contributed by atoms with Gasteiger partial charge in [-0.25, -0.2) is 4.68 Å². The van der Waals surface area contributed by atoms with Crippen molar-refractivity contribution in [2.75, 3.05) is 0 Å². The van der Waals surface area contributed by atoms with Gasteiger partial charge >= 0.3 is 5.97 Å². The van der Waals surface area contributed by atoms with Crippen LogP contribution in [-0.2, 0) is 17.8 Å². The number of pyridine rings is 1. The van der Waals surface area contributed by atoms with Gasteiger partial charge in [0, 0.05) is 26.2 Å². The van der Waals surface area contributed by atoms with E-state index in [1.165, 1.54) is 22.2 Å². The first kappa shape index (κ1) is 16.7. The lowest BCUT2D eigenvalue weighted by atomic mass is 10.2. The third-order valence-electron chi connectivity index (χ3n) is 3.97. The summed E-state index contributed by atoms with van der Waals surface area (Å²) in [7, 11) is 0. The SMILES string of the molecule is O=C(O)Cc1nn(Cc2cc3c(Cl)cccc3s2)c(=O)c2cccnc12. The number of aromatic nitrogens is 3. The quantitative estimate of drug-likeness (QED) is 0.582. The topological polar surface area (TPSA) is 85.1 Å². The summed E-state index contributed by atoms with van der Waals surface area (Å²) in [5.41, 5.74) is 0.299. The summed E-state index contributed by atoms with van der Waals surface area (Å²) in [6.07, 6.45) is 1.22. The molecule has 130 valence electrons. The maximum Gasteiger partial charge on any atom is 0.309 e. The van der Waals surface area contributed by atoms with Crippen molar-refractivity contribution in [3.63, 3.8) is 0 Å². The zero-order valence-electron chi connectivity index (χ0n) is 13.3. The number of carboxylic acids is 1. The van der Waals surface area contributed by atoms with E-state index in [-0.39, 0.29) is 24.2 Å². The molecule has 1 aromatic carbocycles. The number of nitrogens with zero attached hydrogens (tertiary/aromatic N) is 3. The van der Waals surface area contributed by atoms with Crippen LogP contribution in [0.5, 0.6) is 0 Å². The smallest absolute Gasteiger partial charge is 0.309 e. The molecular formula is C18H12ClN3O3S. The van der Waals surface area contributed by atoms with E-state index in [4.69, 9.17) is 16.7 Å². The minimum Gasteiger partial charge on any atom is -0.481 e. The molecule has 26 heavy (non-hydrogen) atoms. The summed E-state index contributed by atoms with van der Waals surface area (Å²) in [4.78, 5) is 28.9. The van der Waals surface area contributed by atoms with E-state index in [2.05, 4.69) is 10.1 Å². The van der Waals surface area contributed by atoms with Crippen LogP contribution in [0, 0.1) is 0 Å². The van der Waals surface area contributed by atoms with Gasteiger partial charge < -0.3 is 5.11 Å². The molecule has 4 rings (SSSR count). The van der Waals surface area contributed by atoms with Crippen LogP contribution in [0.1, 0.15) is 10.6 Å². The Labute approximate surface area is 156 Å². The fraction of sp³-hybridized carbons (Fsp3) is 0.111. The number of aliphatic carboxylic acids is 1. The highest BCUT2D eigenvalue weighted by Gasteiger charge is 2.15. The standard InChI is InChI=1S/C18H12ClN3O3S/c19-13-4-1-5-15-12(13)7-10(26-15)9-22-18(25)11-3-2-6-20-17(11)14(21-22)8-16(23)24/h1-7H,8-9H2,(H,23,24). The first-order valence-electron chi connectivity index (χ1n) is 7.76. The van der Waals surface area contributed by atoms with Gasteiger partial charge in [0.2, 0.25) is 0 Å². The molecule has 0 saturated carbocycles. The number of hydrogen-bond acceptors (Lipinski definition) is 5. The number of carbonyl (C=O) groups is 1. The highest BCUT2D eigenvalue weighted by atomic mass is 35.5. The predicted octanol–water partition coefficient (Wildman–Crippen LogP) is 3.34. The van der Waals surface area contributed by atoms with Crippen LogP contribution in [-0.4, -0.2) is 25.8 Å². The van der Waals surface area contributed by atoms with Crippen LogP contribution in [0.4, 0.5) is 0 Å². The minimum absolute atomic E-state index is 0.242. The third-order valence-corrected chi connectivity index (χ3v) is 5.39. The molecule has 1 N–H and O–H groups in total. The normalized spacial score (nSPS) is 11.3. The van der Waals surface area contributed by atoms with Crippen LogP contribution in [0.2, 0.25) is 5.02 Å². The van der Waals surface area contributed by atoms with E-state index in [0.717, 1.165) is 15.0 Å². The van der Waals surface area contributed by atoms with Gasteiger partial charge in [0.1, 0.15) is 0 Å². The summed E-state index contributed by atoms with van der Waals surface area (Å²) in [5.74, 6) is -1.02. The number of halogens is 1. The molecule has 0 radical (unpaired) electrons. The molecular weight excluding hydrogens is 374 g/mol. The van der Waals surface area contributed by atoms with Crippen molar-refractivity contribution in [1.82, 2.24) is 14.8 Å². The number of hydrogen-bond donors (Lipinski definition) is 1.